The van der Waals surface area contributed by atoms with Crippen molar-refractivity contribution in [3.63, 3.8) is 0 Å². The topological polar surface area (TPSA) is 69.9 Å². The number of pyridine rings is 1. The Balaban J connectivity index is 2.07. The molecule has 0 aliphatic carbocycles. The minimum Gasteiger partial charge on any atom is -0.467 e. The molecule has 0 aromatic carbocycles. The van der Waals surface area contributed by atoms with Crippen LogP contribution in [0.25, 0.3) is 11.4 Å². The van der Waals surface area contributed by atoms with Gasteiger partial charge in [-0.05, 0) is 18.6 Å². The number of nitrogens with zero attached hydrogens (tertiary/aromatic N) is 4. The van der Waals surface area contributed by atoms with Crippen molar-refractivity contribution in [1.29, 1.82) is 0 Å². The second-order valence-corrected chi connectivity index (χ2v) is 4.13. The molecular weight excluding hydrogens is 232 g/mol. The molecule has 92 valence electrons. The van der Waals surface area contributed by atoms with Crippen LogP contribution in [0.4, 0.5) is 0 Å². The second-order valence-electron chi connectivity index (χ2n) is 4.13. The third-order valence-corrected chi connectivity index (χ3v) is 3.11. The Labute approximate surface area is 104 Å². The van der Waals surface area contributed by atoms with Crippen LogP contribution in [-0.2, 0) is 16.0 Å². The van der Waals surface area contributed by atoms with Crippen LogP contribution in [0.1, 0.15) is 18.3 Å². The summed E-state index contributed by atoms with van der Waals surface area (Å²) in [5, 5.41) is 8.26. The molecule has 0 amide bonds. The van der Waals surface area contributed by atoms with Crippen molar-refractivity contribution in [3.8, 4) is 11.4 Å². The van der Waals surface area contributed by atoms with Gasteiger partial charge in [0.1, 0.15) is 11.9 Å². The maximum absolute atomic E-state index is 11.7. The number of aromatic nitrogens is 4. The molecule has 1 aliphatic heterocycles. The molecule has 1 atom stereocenters. The van der Waals surface area contributed by atoms with E-state index in [1.165, 1.54) is 7.11 Å². The Kier molecular flexibility index (Phi) is 2.55. The van der Waals surface area contributed by atoms with Crippen LogP contribution in [0.2, 0.25) is 0 Å². The molecule has 0 spiro atoms. The van der Waals surface area contributed by atoms with Crippen LogP contribution in [0.5, 0.6) is 0 Å². The largest absolute Gasteiger partial charge is 0.467 e. The van der Waals surface area contributed by atoms with Crippen LogP contribution in [-0.4, -0.2) is 32.8 Å². The van der Waals surface area contributed by atoms with Crippen LogP contribution >= 0.6 is 0 Å². The van der Waals surface area contributed by atoms with Crippen molar-refractivity contribution in [2.75, 3.05) is 7.11 Å². The Morgan fingerprint density at radius 2 is 2.39 bits per heavy atom. The van der Waals surface area contributed by atoms with Gasteiger partial charge in [0.25, 0.3) is 0 Å². The maximum Gasteiger partial charge on any atom is 0.328 e. The number of rotatable bonds is 2. The van der Waals surface area contributed by atoms with Crippen LogP contribution < -0.4 is 0 Å². The number of carbonyl (C=O) groups excluding carboxylic acids is 1. The van der Waals surface area contributed by atoms with Crippen molar-refractivity contribution in [2.24, 2.45) is 0 Å². The van der Waals surface area contributed by atoms with E-state index in [-0.39, 0.29) is 12.0 Å². The van der Waals surface area contributed by atoms with Crippen LogP contribution in [0.3, 0.4) is 0 Å². The predicted molar refractivity (Wildman–Crippen MR) is 62.6 cm³/mol. The van der Waals surface area contributed by atoms with Gasteiger partial charge < -0.3 is 4.74 Å². The molecule has 2 aromatic heterocycles. The lowest BCUT2D eigenvalue weighted by Gasteiger charge is -2.12. The first kappa shape index (κ1) is 10.9. The first-order valence-electron chi connectivity index (χ1n) is 5.73. The van der Waals surface area contributed by atoms with Gasteiger partial charge in [-0.25, -0.2) is 4.79 Å². The summed E-state index contributed by atoms with van der Waals surface area (Å²) >= 11 is 0. The lowest BCUT2D eigenvalue weighted by Crippen LogP contribution is -2.18. The van der Waals surface area contributed by atoms with Crippen molar-refractivity contribution < 1.29 is 9.53 Å². The summed E-state index contributed by atoms with van der Waals surface area (Å²) in [4.78, 5) is 15.8. The Morgan fingerprint density at radius 1 is 1.50 bits per heavy atom. The lowest BCUT2D eigenvalue weighted by atomic mass is 10.2. The number of hydrogen-bond acceptors (Lipinski definition) is 5. The fraction of sp³-hybridized carbons (Fsp3) is 0.333. The zero-order valence-electron chi connectivity index (χ0n) is 9.91. The molecule has 0 saturated carbocycles. The Morgan fingerprint density at radius 3 is 3.11 bits per heavy atom. The van der Waals surface area contributed by atoms with E-state index in [0.717, 1.165) is 17.8 Å². The van der Waals surface area contributed by atoms with E-state index in [9.17, 15) is 4.79 Å². The molecule has 18 heavy (non-hydrogen) atoms. The predicted octanol–water partition coefficient (Wildman–Crippen LogP) is 1.00. The zero-order chi connectivity index (χ0) is 12.5. The third kappa shape index (κ3) is 1.57. The molecule has 2 aromatic rings. The molecule has 6 heteroatoms. The Hall–Kier alpha value is -2.24. The highest BCUT2D eigenvalue weighted by Gasteiger charge is 2.33. The lowest BCUT2D eigenvalue weighted by molar-refractivity contribution is -0.144. The van der Waals surface area contributed by atoms with Gasteiger partial charge in [-0.1, -0.05) is 0 Å². The molecule has 3 rings (SSSR count). The molecule has 0 radical (unpaired) electrons. The summed E-state index contributed by atoms with van der Waals surface area (Å²) in [6, 6.07) is 3.41. The summed E-state index contributed by atoms with van der Waals surface area (Å²) in [6.07, 6.45) is 4.87. The molecule has 1 unspecified atom stereocenters. The highest BCUT2D eigenvalue weighted by Crippen LogP contribution is 2.31. The van der Waals surface area contributed by atoms with E-state index >= 15 is 0 Å². The van der Waals surface area contributed by atoms with Gasteiger partial charge in [-0.2, -0.15) is 0 Å². The molecule has 0 fully saturated rings. The normalized spacial score (nSPS) is 17.5. The van der Waals surface area contributed by atoms with Crippen LogP contribution in [0.15, 0.2) is 24.5 Å². The van der Waals surface area contributed by atoms with E-state index in [0.29, 0.717) is 12.2 Å². The van der Waals surface area contributed by atoms with Crippen molar-refractivity contribution in [3.05, 3.63) is 30.4 Å². The van der Waals surface area contributed by atoms with Gasteiger partial charge >= 0.3 is 5.97 Å². The van der Waals surface area contributed by atoms with Crippen molar-refractivity contribution in [1.82, 2.24) is 19.7 Å². The number of hydrogen-bond donors (Lipinski definition) is 0. The van der Waals surface area contributed by atoms with E-state index in [1.54, 1.807) is 12.4 Å². The highest BCUT2D eigenvalue weighted by molar-refractivity contribution is 5.76. The molecule has 0 saturated heterocycles. The van der Waals surface area contributed by atoms with Gasteiger partial charge in [0.2, 0.25) is 0 Å². The number of esters is 1. The number of aryl methyl sites for hydroxylation is 1. The molecule has 3 heterocycles. The number of fused-ring (bicyclic) bond motifs is 1. The minimum absolute atomic E-state index is 0.251. The van der Waals surface area contributed by atoms with E-state index in [1.807, 2.05) is 16.7 Å². The molecule has 0 N–H and O–H groups in total. The molecule has 0 bridgehead atoms. The fourth-order valence-electron chi connectivity index (χ4n) is 2.27. The second kappa shape index (κ2) is 4.21. The van der Waals surface area contributed by atoms with E-state index in [2.05, 4.69) is 15.2 Å². The summed E-state index contributed by atoms with van der Waals surface area (Å²) in [7, 11) is 1.40. The highest BCUT2D eigenvalue weighted by atomic mass is 16.5. The van der Waals surface area contributed by atoms with E-state index < -0.39 is 0 Å². The smallest absolute Gasteiger partial charge is 0.328 e. The first-order valence-corrected chi connectivity index (χ1v) is 5.73. The summed E-state index contributed by atoms with van der Waals surface area (Å²) in [5.74, 6) is 1.24. The monoisotopic (exact) mass is 244 g/mol. The number of ether oxygens (including phenoxy) is 1. The van der Waals surface area contributed by atoms with Gasteiger partial charge in [0, 0.05) is 24.4 Å². The summed E-state index contributed by atoms with van der Waals surface area (Å²) in [6.45, 7) is 0. The molecule has 6 nitrogen and oxygen atoms in total. The van der Waals surface area contributed by atoms with Crippen molar-refractivity contribution >= 4 is 5.97 Å². The molecule has 1 aliphatic rings. The Bertz CT molecular complexity index is 579. The van der Waals surface area contributed by atoms with Gasteiger partial charge in [-0.3, -0.25) is 9.55 Å². The fourth-order valence-corrected chi connectivity index (χ4v) is 2.27. The summed E-state index contributed by atoms with van der Waals surface area (Å²) in [5.41, 5.74) is 0.854. The minimum atomic E-state index is -0.324. The van der Waals surface area contributed by atoms with E-state index in [4.69, 9.17) is 4.74 Å². The average Bonchev–Trinajstić information content (AvgIpc) is 3.00. The first-order chi connectivity index (χ1) is 8.81. The quantitative estimate of drug-likeness (QED) is 0.737. The summed E-state index contributed by atoms with van der Waals surface area (Å²) < 4.78 is 6.67. The molecular formula is C12H12N4O2. The zero-order valence-corrected chi connectivity index (χ0v) is 9.91. The maximum atomic E-state index is 11.7. The van der Waals surface area contributed by atoms with Crippen molar-refractivity contribution in [2.45, 2.75) is 18.9 Å². The standard InChI is InChI=1S/C12H12N4O2/c1-18-12(17)9-4-5-10-14-15-11(16(9)10)8-3-2-6-13-7-8/h2-3,6-7,9H,4-5H2,1H3. The third-order valence-electron chi connectivity index (χ3n) is 3.11. The van der Waals surface area contributed by atoms with Gasteiger partial charge in [0.15, 0.2) is 5.82 Å². The van der Waals surface area contributed by atoms with Gasteiger partial charge in [0.05, 0.1) is 7.11 Å². The SMILES string of the molecule is COC(=O)C1CCc2nnc(-c3cccnc3)n21. The van der Waals surface area contributed by atoms with Gasteiger partial charge in [-0.15, -0.1) is 10.2 Å². The average molecular weight is 244 g/mol. The number of carbonyl (C=O) groups is 1. The van der Waals surface area contributed by atoms with Crippen LogP contribution in [0, 0.1) is 0 Å². The number of methoxy groups -OCH3 is 1.